The maximum atomic E-state index is 4.55. The van der Waals surface area contributed by atoms with Crippen LogP contribution in [0.4, 0.5) is 0 Å². The average molecular weight is 267 g/mol. The minimum Gasteiger partial charge on any atom is -0.328 e. The standard InChI is InChI=1S/C12H15BrN2/c1-9(7-13)8-15-10(2)14-11-5-3-4-6-12(11)15/h3-6,9H,7-8H2,1-2H3. The zero-order valence-electron chi connectivity index (χ0n) is 9.07. The smallest absolute Gasteiger partial charge is 0.106 e. The lowest BCUT2D eigenvalue weighted by Gasteiger charge is -2.11. The lowest BCUT2D eigenvalue weighted by atomic mass is 10.2. The summed E-state index contributed by atoms with van der Waals surface area (Å²) < 4.78 is 2.29. The summed E-state index contributed by atoms with van der Waals surface area (Å²) in [5, 5.41) is 1.03. The third-order valence-corrected chi connectivity index (χ3v) is 3.71. The SMILES string of the molecule is Cc1nc2ccccc2n1CC(C)CBr. The van der Waals surface area contributed by atoms with Crippen molar-refractivity contribution in [2.75, 3.05) is 5.33 Å². The van der Waals surface area contributed by atoms with Crippen LogP contribution in [0.3, 0.4) is 0 Å². The molecule has 1 aromatic heterocycles. The van der Waals surface area contributed by atoms with Crippen molar-refractivity contribution >= 4 is 27.0 Å². The Morgan fingerprint density at radius 2 is 2.13 bits per heavy atom. The zero-order valence-corrected chi connectivity index (χ0v) is 10.7. The number of imidazole rings is 1. The third kappa shape index (κ3) is 2.07. The molecule has 0 aliphatic heterocycles. The molecule has 3 heteroatoms. The van der Waals surface area contributed by atoms with Crippen molar-refractivity contribution in [3.8, 4) is 0 Å². The Hall–Kier alpha value is -0.830. The van der Waals surface area contributed by atoms with Crippen LogP contribution in [-0.4, -0.2) is 14.9 Å². The molecule has 0 aliphatic rings. The van der Waals surface area contributed by atoms with Crippen LogP contribution in [0.1, 0.15) is 12.7 Å². The van der Waals surface area contributed by atoms with Gasteiger partial charge in [-0.25, -0.2) is 4.98 Å². The first kappa shape index (κ1) is 10.7. The van der Waals surface area contributed by atoms with E-state index in [9.17, 15) is 0 Å². The van der Waals surface area contributed by atoms with E-state index in [1.54, 1.807) is 0 Å². The van der Waals surface area contributed by atoms with Crippen molar-refractivity contribution in [1.29, 1.82) is 0 Å². The van der Waals surface area contributed by atoms with Gasteiger partial charge in [-0.05, 0) is 25.0 Å². The maximum absolute atomic E-state index is 4.55. The highest BCUT2D eigenvalue weighted by Crippen LogP contribution is 2.17. The van der Waals surface area contributed by atoms with Crippen LogP contribution in [0.2, 0.25) is 0 Å². The molecular weight excluding hydrogens is 252 g/mol. The highest BCUT2D eigenvalue weighted by Gasteiger charge is 2.08. The molecule has 80 valence electrons. The van der Waals surface area contributed by atoms with Crippen LogP contribution in [0.15, 0.2) is 24.3 Å². The van der Waals surface area contributed by atoms with E-state index in [0.29, 0.717) is 5.92 Å². The summed E-state index contributed by atoms with van der Waals surface area (Å²) in [5.41, 5.74) is 2.33. The molecule has 0 aliphatic carbocycles. The summed E-state index contributed by atoms with van der Waals surface area (Å²) in [4.78, 5) is 4.55. The van der Waals surface area contributed by atoms with Crippen molar-refractivity contribution < 1.29 is 0 Å². The van der Waals surface area contributed by atoms with Crippen LogP contribution in [-0.2, 0) is 6.54 Å². The molecule has 2 aromatic rings. The Balaban J connectivity index is 2.45. The summed E-state index contributed by atoms with van der Waals surface area (Å²) in [6.07, 6.45) is 0. The van der Waals surface area contributed by atoms with Crippen LogP contribution >= 0.6 is 15.9 Å². The summed E-state index contributed by atoms with van der Waals surface area (Å²) in [5.74, 6) is 1.73. The molecule has 0 radical (unpaired) electrons. The molecule has 15 heavy (non-hydrogen) atoms. The molecule has 2 nitrogen and oxygen atoms in total. The number of benzene rings is 1. The first-order valence-electron chi connectivity index (χ1n) is 5.20. The van der Waals surface area contributed by atoms with E-state index in [1.165, 1.54) is 5.52 Å². The van der Waals surface area contributed by atoms with Crippen LogP contribution in [0, 0.1) is 12.8 Å². The predicted octanol–water partition coefficient (Wildman–Crippen LogP) is 3.38. The molecule has 1 unspecified atom stereocenters. The monoisotopic (exact) mass is 266 g/mol. The van der Waals surface area contributed by atoms with Gasteiger partial charge in [0.25, 0.3) is 0 Å². The molecule has 0 fully saturated rings. The Bertz CT molecular complexity index is 462. The van der Waals surface area contributed by atoms with Crippen molar-refractivity contribution in [1.82, 2.24) is 9.55 Å². The summed E-state index contributed by atoms with van der Waals surface area (Å²) in [7, 11) is 0. The molecule has 0 saturated heterocycles. The molecule has 0 bridgehead atoms. The van der Waals surface area contributed by atoms with Gasteiger partial charge in [-0.1, -0.05) is 35.0 Å². The Labute approximate surface area is 98.4 Å². The first-order chi connectivity index (χ1) is 7.22. The van der Waals surface area contributed by atoms with Gasteiger partial charge in [-0.15, -0.1) is 0 Å². The zero-order chi connectivity index (χ0) is 10.8. The van der Waals surface area contributed by atoms with E-state index in [4.69, 9.17) is 0 Å². The number of halogens is 1. The normalized spacial score (nSPS) is 13.3. The number of aromatic nitrogens is 2. The summed E-state index contributed by atoms with van der Waals surface area (Å²) in [6.45, 7) is 5.33. The van der Waals surface area contributed by atoms with E-state index in [-0.39, 0.29) is 0 Å². The Kier molecular flexibility index (Phi) is 3.10. The largest absolute Gasteiger partial charge is 0.328 e. The van der Waals surface area contributed by atoms with Crippen LogP contribution in [0.5, 0.6) is 0 Å². The van der Waals surface area contributed by atoms with E-state index < -0.39 is 0 Å². The third-order valence-electron chi connectivity index (χ3n) is 2.60. The van der Waals surface area contributed by atoms with Gasteiger partial charge in [0.1, 0.15) is 5.82 Å². The fraction of sp³-hybridized carbons (Fsp3) is 0.417. The molecule has 1 heterocycles. The van der Waals surface area contributed by atoms with Gasteiger partial charge in [-0.3, -0.25) is 0 Å². The summed E-state index contributed by atoms with van der Waals surface area (Å²) in [6, 6.07) is 8.31. The summed E-state index contributed by atoms with van der Waals surface area (Å²) >= 11 is 3.52. The molecule has 1 atom stereocenters. The quantitative estimate of drug-likeness (QED) is 0.779. The highest BCUT2D eigenvalue weighted by atomic mass is 79.9. The average Bonchev–Trinajstić information content (AvgIpc) is 2.55. The number of fused-ring (bicyclic) bond motifs is 1. The second kappa shape index (κ2) is 4.35. The second-order valence-electron chi connectivity index (χ2n) is 4.02. The number of hydrogen-bond donors (Lipinski definition) is 0. The minimum atomic E-state index is 0.626. The molecule has 1 aromatic carbocycles. The molecule has 2 rings (SSSR count). The Morgan fingerprint density at radius 3 is 2.87 bits per heavy atom. The number of para-hydroxylation sites is 2. The number of rotatable bonds is 3. The van der Waals surface area contributed by atoms with Crippen molar-refractivity contribution in [3.63, 3.8) is 0 Å². The van der Waals surface area contributed by atoms with Gasteiger partial charge < -0.3 is 4.57 Å². The predicted molar refractivity (Wildman–Crippen MR) is 67.4 cm³/mol. The molecule has 0 saturated carbocycles. The first-order valence-corrected chi connectivity index (χ1v) is 6.32. The van der Waals surface area contributed by atoms with E-state index in [0.717, 1.165) is 23.2 Å². The second-order valence-corrected chi connectivity index (χ2v) is 4.67. The molecule has 0 spiro atoms. The minimum absolute atomic E-state index is 0.626. The van der Waals surface area contributed by atoms with Gasteiger partial charge in [0.2, 0.25) is 0 Å². The van der Waals surface area contributed by atoms with Crippen molar-refractivity contribution in [3.05, 3.63) is 30.1 Å². The van der Waals surface area contributed by atoms with E-state index >= 15 is 0 Å². The molecular formula is C12H15BrN2. The highest BCUT2D eigenvalue weighted by molar-refractivity contribution is 9.09. The van der Waals surface area contributed by atoms with Gasteiger partial charge in [0.05, 0.1) is 11.0 Å². The molecule has 0 N–H and O–H groups in total. The maximum Gasteiger partial charge on any atom is 0.106 e. The van der Waals surface area contributed by atoms with Crippen molar-refractivity contribution in [2.45, 2.75) is 20.4 Å². The number of alkyl halides is 1. The fourth-order valence-electron chi connectivity index (χ4n) is 1.79. The lowest BCUT2D eigenvalue weighted by molar-refractivity contribution is 0.534. The number of hydrogen-bond acceptors (Lipinski definition) is 1. The Morgan fingerprint density at radius 1 is 1.40 bits per heavy atom. The fourth-order valence-corrected chi connectivity index (χ4v) is 1.99. The van der Waals surface area contributed by atoms with E-state index in [2.05, 4.69) is 57.5 Å². The van der Waals surface area contributed by atoms with Gasteiger partial charge in [-0.2, -0.15) is 0 Å². The number of aryl methyl sites for hydroxylation is 1. The molecule has 0 amide bonds. The van der Waals surface area contributed by atoms with Gasteiger partial charge >= 0.3 is 0 Å². The lowest BCUT2D eigenvalue weighted by Crippen LogP contribution is -2.09. The van der Waals surface area contributed by atoms with Crippen LogP contribution < -0.4 is 0 Å². The van der Waals surface area contributed by atoms with Gasteiger partial charge in [0.15, 0.2) is 0 Å². The van der Waals surface area contributed by atoms with Crippen LogP contribution in [0.25, 0.3) is 11.0 Å². The van der Waals surface area contributed by atoms with Crippen molar-refractivity contribution in [2.24, 2.45) is 5.92 Å². The number of nitrogens with zero attached hydrogens (tertiary/aromatic N) is 2. The topological polar surface area (TPSA) is 17.8 Å². The van der Waals surface area contributed by atoms with Gasteiger partial charge in [0, 0.05) is 11.9 Å². The van der Waals surface area contributed by atoms with E-state index in [1.807, 2.05) is 6.07 Å².